The average molecular weight is 375 g/mol. The van der Waals surface area contributed by atoms with E-state index >= 15 is 0 Å². The van der Waals surface area contributed by atoms with Crippen LogP contribution in [-0.2, 0) is 9.59 Å². The molecule has 1 saturated heterocycles. The van der Waals surface area contributed by atoms with E-state index in [0.29, 0.717) is 34.4 Å². The van der Waals surface area contributed by atoms with Crippen molar-refractivity contribution in [1.29, 1.82) is 0 Å². The molecule has 0 aliphatic carbocycles. The lowest BCUT2D eigenvalue weighted by atomic mass is 10.1. The molecule has 0 unspecified atom stereocenters. The number of rotatable bonds is 5. The molecule has 136 valence electrons. The number of anilines is 2. The van der Waals surface area contributed by atoms with Crippen LogP contribution in [0.25, 0.3) is 0 Å². The summed E-state index contributed by atoms with van der Waals surface area (Å²) in [6.07, 6.45) is 0.147. The van der Waals surface area contributed by atoms with E-state index in [9.17, 15) is 9.59 Å². The highest BCUT2D eigenvalue weighted by molar-refractivity contribution is 6.30. The van der Waals surface area contributed by atoms with E-state index in [1.54, 1.807) is 54.5 Å². The average Bonchev–Trinajstić information content (AvgIpc) is 3.04. The second kappa shape index (κ2) is 7.66. The van der Waals surface area contributed by atoms with Gasteiger partial charge in [0, 0.05) is 29.7 Å². The topological polar surface area (TPSA) is 67.9 Å². The van der Waals surface area contributed by atoms with Crippen molar-refractivity contribution >= 4 is 34.8 Å². The van der Waals surface area contributed by atoms with Crippen molar-refractivity contribution in [2.24, 2.45) is 5.92 Å². The lowest BCUT2D eigenvalue weighted by Crippen LogP contribution is -2.28. The molecule has 1 aliphatic heterocycles. The number of benzene rings is 2. The smallest absolute Gasteiger partial charge is 0.229 e. The van der Waals surface area contributed by atoms with Crippen LogP contribution in [0.4, 0.5) is 11.4 Å². The number of carbonyl (C=O) groups excluding carboxylic acids is 2. The molecular formula is C19H19ClN2O4. The van der Waals surface area contributed by atoms with Crippen LogP contribution in [0.1, 0.15) is 6.42 Å². The summed E-state index contributed by atoms with van der Waals surface area (Å²) in [4.78, 5) is 26.5. The van der Waals surface area contributed by atoms with Crippen LogP contribution in [0, 0.1) is 5.92 Å². The molecule has 7 heteroatoms. The molecule has 2 amide bonds. The van der Waals surface area contributed by atoms with Crippen molar-refractivity contribution in [3.8, 4) is 11.5 Å². The van der Waals surface area contributed by atoms with E-state index in [2.05, 4.69) is 5.32 Å². The van der Waals surface area contributed by atoms with Crippen molar-refractivity contribution in [2.75, 3.05) is 31.0 Å². The molecule has 0 bridgehead atoms. The number of carbonyl (C=O) groups is 2. The van der Waals surface area contributed by atoms with Gasteiger partial charge in [-0.15, -0.1) is 0 Å². The van der Waals surface area contributed by atoms with Crippen molar-refractivity contribution in [3.05, 3.63) is 47.5 Å². The predicted octanol–water partition coefficient (Wildman–Crippen LogP) is 3.35. The first kappa shape index (κ1) is 18.1. The van der Waals surface area contributed by atoms with Gasteiger partial charge in [0.15, 0.2) is 0 Å². The minimum Gasteiger partial charge on any atom is -0.497 e. The number of methoxy groups -OCH3 is 2. The first-order valence-electron chi connectivity index (χ1n) is 8.10. The number of nitrogens with zero attached hydrogens (tertiary/aromatic N) is 1. The Morgan fingerprint density at radius 3 is 2.54 bits per heavy atom. The van der Waals surface area contributed by atoms with Gasteiger partial charge in [-0.05, 0) is 36.4 Å². The third-order valence-electron chi connectivity index (χ3n) is 4.29. The van der Waals surface area contributed by atoms with Gasteiger partial charge in [-0.25, -0.2) is 0 Å². The number of hydrogen-bond acceptors (Lipinski definition) is 4. The third kappa shape index (κ3) is 3.75. The zero-order valence-electron chi connectivity index (χ0n) is 14.5. The Hall–Kier alpha value is -2.73. The van der Waals surface area contributed by atoms with Gasteiger partial charge in [0.25, 0.3) is 0 Å². The molecule has 0 radical (unpaired) electrons. The van der Waals surface area contributed by atoms with Crippen molar-refractivity contribution < 1.29 is 19.1 Å². The number of hydrogen-bond donors (Lipinski definition) is 1. The minimum atomic E-state index is -0.440. The molecule has 1 N–H and O–H groups in total. The second-order valence-corrected chi connectivity index (χ2v) is 6.38. The van der Waals surface area contributed by atoms with Gasteiger partial charge in [-0.2, -0.15) is 0 Å². The number of amides is 2. The lowest BCUT2D eigenvalue weighted by Gasteiger charge is -2.20. The van der Waals surface area contributed by atoms with Gasteiger partial charge in [-0.3, -0.25) is 9.59 Å². The molecule has 2 aromatic carbocycles. The molecule has 3 rings (SSSR count). The summed E-state index contributed by atoms with van der Waals surface area (Å²) in [7, 11) is 3.09. The van der Waals surface area contributed by atoms with Crippen LogP contribution in [0.3, 0.4) is 0 Å². The number of ether oxygens (including phenoxy) is 2. The fourth-order valence-electron chi connectivity index (χ4n) is 2.90. The highest BCUT2D eigenvalue weighted by Crippen LogP contribution is 2.36. The van der Waals surface area contributed by atoms with Crippen molar-refractivity contribution in [3.63, 3.8) is 0 Å². The van der Waals surface area contributed by atoms with E-state index in [1.807, 2.05) is 0 Å². The SMILES string of the molecule is COc1ccc(N2C[C@@H](C(=O)Nc3ccc(Cl)cc3)CC2=O)c(OC)c1. The summed E-state index contributed by atoms with van der Waals surface area (Å²) in [6.45, 7) is 0.293. The summed E-state index contributed by atoms with van der Waals surface area (Å²) < 4.78 is 10.5. The maximum Gasteiger partial charge on any atom is 0.229 e. The zero-order valence-corrected chi connectivity index (χ0v) is 15.2. The van der Waals surface area contributed by atoms with Crippen molar-refractivity contribution in [2.45, 2.75) is 6.42 Å². The molecule has 1 aliphatic rings. The van der Waals surface area contributed by atoms with Gasteiger partial charge >= 0.3 is 0 Å². The molecule has 0 saturated carbocycles. The highest BCUT2D eigenvalue weighted by Gasteiger charge is 2.36. The molecular weight excluding hydrogens is 356 g/mol. The van der Waals surface area contributed by atoms with E-state index in [0.717, 1.165) is 0 Å². The van der Waals surface area contributed by atoms with Gasteiger partial charge in [0.1, 0.15) is 11.5 Å². The molecule has 6 nitrogen and oxygen atoms in total. The summed E-state index contributed by atoms with van der Waals surface area (Å²) in [6, 6.07) is 12.1. The molecule has 26 heavy (non-hydrogen) atoms. The Balaban J connectivity index is 1.74. The van der Waals surface area contributed by atoms with Crippen LogP contribution in [-0.4, -0.2) is 32.6 Å². The monoisotopic (exact) mass is 374 g/mol. The normalized spacial score (nSPS) is 16.5. The molecule has 0 spiro atoms. The first-order valence-corrected chi connectivity index (χ1v) is 8.48. The Labute approximate surface area is 156 Å². The highest BCUT2D eigenvalue weighted by atomic mass is 35.5. The quantitative estimate of drug-likeness (QED) is 0.871. The van der Waals surface area contributed by atoms with Gasteiger partial charge < -0.3 is 19.7 Å². The third-order valence-corrected chi connectivity index (χ3v) is 4.54. The van der Waals surface area contributed by atoms with Gasteiger partial charge in [0.05, 0.1) is 25.8 Å². The van der Waals surface area contributed by atoms with Gasteiger partial charge in [-0.1, -0.05) is 11.6 Å². The fraction of sp³-hybridized carbons (Fsp3) is 0.263. The summed E-state index contributed by atoms with van der Waals surface area (Å²) >= 11 is 5.85. The molecule has 2 aromatic rings. The Kier molecular flexibility index (Phi) is 5.32. The number of nitrogens with one attached hydrogen (secondary N) is 1. The summed E-state index contributed by atoms with van der Waals surface area (Å²) in [5, 5.41) is 3.42. The fourth-order valence-corrected chi connectivity index (χ4v) is 3.03. The largest absolute Gasteiger partial charge is 0.497 e. The van der Waals surface area contributed by atoms with E-state index < -0.39 is 5.92 Å². The zero-order chi connectivity index (χ0) is 18.7. The van der Waals surface area contributed by atoms with Crippen LogP contribution >= 0.6 is 11.6 Å². The lowest BCUT2D eigenvalue weighted by molar-refractivity contribution is -0.122. The second-order valence-electron chi connectivity index (χ2n) is 5.94. The Morgan fingerprint density at radius 2 is 1.88 bits per heavy atom. The van der Waals surface area contributed by atoms with Crippen LogP contribution in [0.5, 0.6) is 11.5 Å². The first-order chi connectivity index (χ1) is 12.5. The number of halogens is 1. The maximum absolute atomic E-state index is 12.5. The molecule has 0 aromatic heterocycles. The molecule has 1 atom stereocenters. The van der Waals surface area contributed by atoms with Crippen LogP contribution in [0.15, 0.2) is 42.5 Å². The standard InChI is InChI=1S/C19H19ClN2O4/c1-25-15-7-8-16(17(10-15)26-2)22-11-12(9-18(22)23)19(24)21-14-5-3-13(20)4-6-14/h3-8,10,12H,9,11H2,1-2H3,(H,21,24)/t12-/m0/s1. The van der Waals surface area contributed by atoms with Crippen molar-refractivity contribution in [1.82, 2.24) is 0 Å². The predicted molar refractivity (Wildman–Crippen MR) is 100 cm³/mol. The molecule has 1 heterocycles. The Bertz CT molecular complexity index is 823. The maximum atomic E-state index is 12.5. The summed E-state index contributed by atoms with van der Waals surface area (Å²) in [5.74, 6) is 0.399. The van der Waals surface area contributed by atoms with E-state index in [-0.39, 0.29) is 18.2 Å². The van der Waals surface area contributed by atoms with E-state index in [1.165, 1.54) is 7.11 Å². The van der Waals surface area contributed by atoms with Crippen LogP contribution in [0.2, 0.25) is 5.02 Å². The summed E-state index contributed by atoms with van der Waals surface area (Å²) in [5.41, 5.74) is 1.27. The van der Waals surface area contributed by atoms with Gasteiger partial charge in [0.2, 0.25) is 11.8 Å². The minimum absolute atomic E-state index is 0.121. The van der Waals surface area contributed by atoms with E-state index in [4.69, 9.17) is 21.1 Å². The van der Waals surface area contributed by atoms with Crippen LogP contribution < -0.4 is 19.7 Å². The molecule has 1 fully saturated rings. The Morgan fingerprint density at radius 1 is 1.15 bits per heavy atom.